The summed E-state index contributed by atoms with van der Waals surface area (Å²) in [6.07, 6.45) is 2.03. The van der Waals surface area contributed by atoms with E-state index >= 15 is 0 Å². The average Bonchev–Trinajstić information content (AvgIpc) is 3.15. The van der Waals surface area contributed by atoms with Crippen molar-refractivity contribution in [1.82, 2.24) is 20.4 Å². The standard InChI is InChI=1S/C25H36N4O4/c1-8-26-23(30)13-18(12-16(2)3)27-25(31)19-14-20(29(28-19)15-17(4)5)24-21(32-6)10-9-11-22(24)33-7/h9-12,14,17-18H,8,13,15H2,1-7H3,(H,26,30)(H,27,31)/t18-/m0/s1. The van der Waals surface area contributed by atoms with Gasteiger partial charge in [-0.2, -0.15) is 5.10 Å². The third kappa shape index (κ3) is 7.10. The van der Waals surface area contributed by atoms with Crippen LogP contribution in [0.25, 0.3) is 11.3 Å². The molecule has 0 bridgehead atoms. The van der Waals surface area contributed by atoms with Gasteiger partial charge in [0, 0.05) is 13.1 Å². The van der Waals surface area contributed by atoms with Gasteiger partial charge in [-0.15, -0.1) is 0 Å². The first-order chi connectivity index (χ1) is 15.7. The first-order valence-electron chi connectivity index (χ1n) is 11.2. The van der Waals surface area contributed by atoms with Gasteiger partial charge in [-0.05, 0) is 44.9 Å². The smallest absolute Gasteiger partial charge is 0.272 e. The van der Waals surface area contributed by atoms with Crippen molar-refractivity contribution in [2.75, 3.05) is 20.8 Å². The number of methoxy groups -OCH3 is 2. The summed E-state index contributed by atoms with van der Waals surface area (Å²) in [5.74, 6) is 1.09. The fraction of sp³-hybridized carbons (Fsp3) is 0.480. The van der Waals surface area contributed by atoms with Gasteiger partial charge in [-0.1, -0.05) is 31.6 Å². The van der Waals surface area contributed by atoms with Crippen LogP contribution in [-0.4, -0.2) is 48.4 Å². The minimum absolute atomic E-state index is 0.120. The van der Waals surface area contributed by atoms with E-state index in [9.17, 15) is 9.59 Å². The van der Waals surface area contributed by atoms with Crippen molar-refractivity contribution < 1.29 is 19.1 Å². The Morgan fingerprint density at radius 3 is 2.30 bits per heavy atom. The molecule has 2 amide bonds. The zero-order chi connectivity index (χ0) is 24.5. The molecule has 0 saturated carbocycles. The number of hydrogen-bond acceptors (Lipinski definition) is 5. The van der Waals surface area contributed by atoms with Crippen molar-refractivity contribution in [2.24, 2.45) is 5.92 Å². The Balaban J connectivity index is 2.46. The molecule has 0 fully saturated rings. The minimum Gasteiger partial charge on any atom is -0.496 e. The van der Waals surface area contributed by atoms with E-state index < -0.39 is 6.04 Å². The summed E-state index contributed by atoms with van der Waals surface area (Å²) in [6, 6.07) is 6.85. The SMILES string of the molecule is CCNC(=O)C[C@H](C=C(C)C)NC(=O)c1cc(-c2c(OC)cccc2OC)n(CC(C)C)n1. The number of allylic oxidation sites excluding steroid dienone is 1. The number of rotatable bonds is 11. The molecule has 0 aliphatic heterocycles. The van der Waals surface area contributed by atoms with E-state index in [-0.39, 0.29) is 23.9 Å². The van der Waals surface area contributed by atoms with Crippen LogP contribution in [0.5, 0.6) is 11.5 Å². The number of ether oxygens (including phenoxy) is 2. The van der Waals surface area contributed by atoms with Crippen molar-refractivity contribution >= 4 is 11.8 Å². The monoisotopic (exact) mass is 456 g/mol. The van der Waals surface area contributed by atoms with Crippen LogP contribution in [0.3, 0.4) is 0 Å². The lowest BCUT2D eigenvalue weighted by atomic mass is 10.1. The Hall–Kier alpha value is -3.29. The minimum atomic E-state index is -0.437. The predicted molar refractivity (Wildman–Crippen MR) is 130 cm³/mol. The Kier molecular flexibility index (Phi) is 9.51. The van der Waals surface area contributed by atoms with E-state index in [2.05, 4.69) is 29.6 Å². The van der Waals surface area contributed by atoms with E-state index in [4.69, 9.17) is 9.47 Å². The van der Waals surface area contributed by atoms with E-state index in [1.54, 1.807) is 25.0 Å². The third-order valence-electron chi connectivity index (χ3n) is 4.86. The zero-order valence-electron chi connectivity index (χ0n) is 20.7. The van der Waals surface area contributed by atoms with Crippen LogP contribution in [0, 0.1) is 5.92 Å². The van der Waals surface area contributed by atoms with Crippen LogP contribution in [0.4, 0.5) is 0 Å². The summed E-state index contributed by atoms with van der Waals surface area (Å²) in [5.41, 5.74) is 2.74. The fourth-order valence-corrected chi connectivity index (χ4v) is 3.58. The lowest BCUT2D eigenvalue weighted by Crippen LogP contribution is -2.38. The molecule has 33 heavy (non-hydrogen) atoms. The molecule has 1 atom stereocenters. The number of benzene rings is 1. The van der Waals surface area contributed by atoms with Crippen LogP contribution in [0.1, 0.15) is 51.5 Å². The van der Waals surface area contributed by atoms with Crippen LogP contribution < -0.4 is 20.1 Å². The lowest BCUT2D eigenvalue weighted by Gasteiger charge is -2.15. The van der Waals surface area contributed by atoms with Crippen LogP contribution in [-0.2, 0) is 11.3 Å². The van der Waals surface area contributed by atoms with Crippen molar-refractivity contribution in [1.29, 1.82) is 0 Å². The normalized spacial score (nSPS) is 11.6. The van der Waals surface area contributed by atoms with E-state index in [1.807, 2.05) is 45.0 Å². The maximum Gasteiger partial charge on any atom is 0.272 e. The topological polar surface area (TPSA) is 94.5 Å². The molecular weight excluding hydrogens is 420 g/mol. The summed E-state index contributed by atoms with van der Waals surface area (Å²) in [4.78, 5) is 25.3. The first-order valence-corrected chi connectivity index (χ1v) is 11.2. The molecule has 2 rings (SSSR count). The molecule has 180 valence electrons. The highest BCUT2D eigenvalue weighted by molar-refractivity contribution is 5.94. The lowest BCUT2D eigenvalue weighted by molar-refractivity contribution is -0.121. The summed E-state index contributed by atoms with van der Waals surface area (Å²) >= 11 is 0. The summed E-state index contributed by atoms with van der Waals surface area (Å²) in [5, 5.41) is 10.3. The molecule has 1 heterocycles. The average molecular weight is 457 g/mol. The number of nitrogens with one attached hydrogen (secondary N) is 2. The second-order valence-corrected chi connectivity index (χ2v) is 8.51. The summed E-state index contributed by atoms with van der Waals surface area (Å²) < 4.78 is 13.0. The second kappa shape index (κ2) is 12.1. The molecule has 0 unspecified atom stereocenters. The van der Waals surface area contributed by atoms with E-state index in [0.29, 0.717) is 30.5 Å². The van der Waals surface area contributed by atoms with Gasteiger partial charge in [-0.3, -0.25) is 14.3 Å². The van der Waals surface area contributed by atoms with Crippen molar-refractivity contribution in [3.8, 4) is 22.8 Å². The molecule has 2 aromatic rings. The highest BCUT2D eigenvalue weighted by Gasteiger charge is 2.23. The van der Waals surface area contributed by atoms with Gasteiger partial charge >= 0.3 is 0 Å². The maximum absolute atomic E-state index is 13.2. The van der Waals surface area contributed by atoms with Crippen LogP contribution in [0.15, 0.2) is 35.9 Å². The number of carbonyl (C=O) groups is 2. The Morgan fingerprint density at radius 1 is 1.15 bits per heavy atom. The number of nitrogens with zero attached hydrogens (tertiary/aromatic N) is 2. The Labute approximate surface area is 196 Å². The molecule has 0 saturated heterocycles. The first kappa shape index (κ1) is 26.0. The predicted octanol–water partition coefficient (Wildman–Crippen LogP) is 3.81. The highest BCUT2D eigenvalue weighted by atomic mass is 16.5. The molecule has 8 heteroatoms. The molecular formula is C25H36N4O4. The van der Waals surface area contributed by atoms with Crippen molar-refractivity contribution in [3.05, 3.63) is 41.6 Å². The number of amides is 2. The van der Waals surface area contributed by atoms with Crippen molar-refractivity contribution in [3.63, 3.8) is 0 Å². The molecule has 2 N–H and O–H groups in total. The van der Waals surface area contributed by atoms with Gasteiger partial charge in [0.25, 0.3) is 5.91 Å². The number of aromatic nitrogens is 2. The molecule has 0 aliphatic rings. The maximum atomic E-state index is 13.2. The summed E-state index contributed by atoms with van der Waals surface area (Å²) in [6.45, 7) is 11.0. The molecule has 8 nitrogen and oxygen atoms in total. The summed E-state index contributed by atoms with van der Waals surface area (Å²) in [7, 11) is 3.20. The quantitative estimate of drug-likeness (QED) is 0.502. The van der Waals surface area contributed by atoms with Gasteiger partial charge in [0.15, 0.2) is 5.69 Å². The van der Waals surface area contributed by atoms with Gasteiger partial charge in [0.05, 0.1) is 37.9 Å². The third-order valence-corrected chi connectivity index (χ3v) is 4.86. The largest absolute Gasteiger partial charge is 0.496 e. The number of hydrogen-bond donors (Lipinski definition) is 2. The van der Waals surface area contributed by atoms with Crippen LogP contribution >= 0.6 is 0 Å². The van der Waals surface area contributed by atoms with Crippen LogP contribution in [0.2, 0.25) is 0 Å². The zero-order valence-corrected chi connectivity index (χ0v) is 20.7. The van der Waals surface area contributed by atoms with E-state index in [1.165, 1.54) is 0 Å². The molecule has 0 aliphatic carbocycles. The van der Waals surface area contributed by atoms with Crippen molar-refractivity contribution in [2.45, 2.75) is 53.6 Å². The van der Waals surface area contributed by atoms with Gasteiger partial charge in [0.1, 0.15) is 11.5 Å². The molecule has 1 aromatic heterocycles. The van der Waals surface area contributed by atoms with E-state index in [0.717, 1.165) is 16.8 Å². The highest BCUT2D eigenvalue weighted by Crippen LogP contribution is 2.38. The Morgan fingerprint density at radius 2 is 1.79 bits per heavy atom. The molecule has 1 aromatic carbocycles. The Bertz CT molecular complexity index is 968. The second-order valence-electron chi connectivity index (χ2n) is 8.51. The van der Waals surface area contributed by atoms with Gasteiger partial charge in [0.2, 0.25) is 5.91 Å². The number of carbonyl (C=O) groups excluding carboxylic acids is 2. The van der Waals surface area contributed by atoms with Gasteiger partial charge < -0.3 is 20.1 Å². The molecule has 0 radical (unpaired) electrons. The molecule has 0 spiro atoms. The van der Waals surface area contributed by atoms with Gasteiger partial charge in [-0.25, -0.2) is 0 Å². The fourth-order valence-electron chi connectivity index (χ4n) is 3.58.